The van der Waals surface area contributed by atoms with Crippen molar-refractivity contribution in [1.29, 1.82) is 0 Å². The molecule has 1 unspecified atom stereocenters. The lowest BCUT2D eigenvalue weighted by molar-refractivity contribution is 0.0733. The van der Waals surface area contributed by atoms with Gasteiger partial charge in [-0.25, -0.2) is 0 Å². The van der Waals surface area contributed by atoms with E-state index in [9.17, 15) is 5.11 Å². The molecule has 2 rings (SSSR count). The minimum Gasteiger partial charge on any atom is -0.491 e. The maximum atomic E-state index is 10.2. The number of nitrogens with zero attached hydrogens (tertiary/aromatic N) is 2. The molecule has 0 aliphatic carbocycles. The molecule has 0 radical (unpaired) electrons. The lowest BCUT2D eigenvalue weighted by Crippen LogP contribution is -2.33. The smallest absolute Gasteiger partial charge is 0.133 e. The summed E-state index contributed by atoms with van der Waals surface area (Å²) in [4.78, 5) is 2.00. The summed E-state index contributed by atoms with van der Waals surface area (Å²) in [6.45, 7) is 7.54. The SMILES string of the molecule is Cc1cc(CN(C)CC(O)COc2ccccc2C(C)C)no1. The van der Waals surface area contributed by atoms with Crippen LogP contribution in [0.3, 0.4) is 0 Å². The summed E-state index contributed by atoms with van der Waals surface area (Å²) in [5, 5.41) is 14.1. The van der Waals surface area contributed by atoms with E-state index in [1.54, 1.807) is 0 Å². The zero-order valence-electron chi connectivity index (χ0n) is 14.3. The number of likely N-dealkylation sites (N-methyl/N-ethyl adjacent to an activating group) is 1. The molecule has 0 amide bonds. The molecular formula is C18H26N2O3. The van der Waals surface area contributed by atoms with Gasteiger partial charge >= 0.3 is 0 Å². The molecule has 5 heteroatoms. The molecule has 0 bridgehead atoms. The molecule has 1 heterocycles. The summed E-state index contributed by atoms with van der Waals surface area (Å²) in [6.07, 6.45) is -0.562. The second-order valence-corrected chi connectivity index (χ2v) is 6.28. The summed E-state index contributed by atoms with van der Waals surface area (Å²) >= 11 is 0. The van der Waals surface area contributed by atoms with Crippen molar-refractivity contribution in [2.75, 3.05) is 20.2 Å². The van der Waals surface area contributed by atoms with Gasteiger partial charge in [-0.05, 0) is 31.5 Å². The molecule has 23 heavy (non-hydrogen) atoms. The van der Waals surface area contributed by atoms with E-state index >= 15 is 0 Å². The quantitative estimate of drug-likeness (QED) is 0.811. The van der Waals surface area contributed by atoms with Gasteiger partial charge in [-0.3, -0.25) is 4.90 Å². The highest BCUT2D eigenvalue weighted by atomic mass is 16.5. The van der Waals surface area contributed by atoms with E-state index in [1.807, 2.05) is 43.1 Å². The van der Waals surface area contributed by atoms with Crippen LogP contribution in [0.5, 0.6) is 5.75 Å². The van der Waals surface area contributed by atoms with Gasteiger partial charge in [0, 0.05) is 19.2 Å². The molecule has 1 aromatic heterocycles. The minimum absolute atomic E-state index is 0.270. The molecule has 0 aliphatic rings. The zero-order valence-corrected chi connectivity index (χ0v) is 14.3. The first-order valence-corrected chi connectivity index (χ1v) is 7.96. The molecule has 5 nitrogen and oxygen atoms in total. The monoisotopic (exact) mass is 318 g/mol. The first kappa shape index (κ1) is 17.5. The Balaban J connectivity index is 1.82. The number of aromatic nitrogens is 1. The number of aryl methyl sites for hydroxylation is 1. The lowest BCUT2D eigenvalue weighted by Gasteiger charge is -2.21. The molecule has 0 saturated carbocycles. The Labute approximate surface area is 137 Å². The third-order valence-corrected chi connectivity index (χ3v) is 3.60. The molecular weight excluding hydrogens is 292 g/mol. The highest BCUT2D eigenvalue weighted by Gasteiger charge is 2.13. The van der Waals surface area contributed by atoms with Crippen LogP contribution in [0.4, 0.5) is 0 Å². The largest absolute Gasteiger partial charge is 0.491 e. The topological polar surface area (TPSA) is 58.7 Å². The number of para-hydroxylation sites is 1. The van der Waals surface area contributed by atoms with Gasteiger partial charge in [0.05, 0.1) is 5.69 Å². The van der Waals surface area contributed by atoms with Crippen LogP contribution in [0.1, 0.15) is 36.8 Å². The number of rotatable bonds is 8. The number of ether oxygens (including phenoxy) is 1. The maximum Gasteiger partial charge on any atom is 0.133 e. The Morgan fingerprint density at radius 1 is 1.30 bits per heavy atom. The van der Waals surface area contributed by atoms with Gasteiger partial charge in [0.2, 0.25) is 0 Å². The van der Waals surface area contributed by atoms with Crippen molar-refractivity contribution in [3.8, 4) is 5.75 Å². The second kappa shape index (κ2) is 8.13. The van der Waals surface area contributed by atoms with E-state index in [0.29, 0.717) is 19.0 Å². The molecule has 0 fully saturated rings. The second-order valence-electron chi connectivity index (χ2n) is 6.28. The van der Waals surface area contributed by atoms with E-state index < -0.39 is 6.10 Å². The highest BCUT2D eigenvalue weighted by Crippen LogP contribution is 2.25. The fourth-order valence-electron chi connectivity index (χ4n) is 2.52. The van der Waals surface area contributed by atoms with Gasteiger partial charge < -0.3 is 14.4 Å². The van der Waals surface area contributed by atoms with Crippen LogP contribution in [0.2, 0.25) is 0 Å². The van der Waals surface area contributed by atoms with Crippen molar-refractivity contribution >= 4 is 0 Å². The van der Waals surface area contributed by atoms with Gasteiger partial charge in [0.15, 0.2) is 0 Å². The van der Waals surface area contributed by atoms with Crippen LogP contribution in [0.15, 0.2) is 34.9 Å². The molecule has 0 saturated heterocycles. The average Bonchev–Trinajstić information content (AvgIpc) is 2.90. The van der Waals surface area contributed by atoms with E-state index in [0.717, 1.165) is 22.8 Å². The number of benzene rings is 1. The van der Waals surface area contributed by atoms with Gasteiger partial charge in [-0.15, -0.1) is 0 Å². The Hall–Kier alpha value is -1.85. The molecule has 1 N–H and O–H groups in total. The zero-order chi connectivity index (χ0) is 16.8. The Morgan fingerprint density at radius 3 is 2.70 bits per heavy atom. The molecule has 126 valence electrons. The fraction of sp³-hybridized carbons (Fsp3) is 0.500. The van der Waals surface area contributed by atoms with Crippen molar-refractivity contribution in [3.05, 3.63) is 47.3 Å². The van der Waals surface area contributed by atoms with E-state index in [1.165, 1.54) is 0 Å². The van der Waals surface area contributed by atoms with Crippen LogP contribution in [-0.4, -0.2) is 41.5 Å². The van der Waals surface area contributed by atoms with Crippen LogP contribution < -0.4 is 4.74 Å². The first-order chi connectivity index (χ1) is 11.0. The van der Waals surface area contributed by atoms with E-state index in [-0.39, 0.29) is 6.61 Å². The minimum atomic E-state index is -0.562. The standard InChI is InChI=1S/C18H26N2O3/c1-13(2)17-7-5-6-8-18(17)22-12-16(21)11-20(4)10-15-9-14(3)23-19-15/h5-9,13,16,21H,10-12H2,1-4H3. The summed E-state index contributed by atoms with van der Waals surface area (Å²) in [7, 11) is 1.94. The summed E-state index contributed by atoms with van der Waals surface area (Å²) < 4.78 is 10.9. The van der Waals surface area contributed by atoms with Crippen LogP contribution in [0.25, 0.3) is 0 Å². The molecule has 1 atom stereocenters. The summed E-state index contributed by atoms with van der Waals surface area (Å²) in [5.41, 5.74) is 2.02. The van der Waals surface area contributed by atoms with Gasteiger partial charge in [0.1, 0.15) is 24.2 Å². The predicted molar refractivity (Wildman–Crippen MR) is 89.6 cm³/mol. The molecule has 1 aromatic carbocycles. The van der Waals surface area contributed by atoms with Crippen LogP contribution in [0, 0.1) is 6.92 Å². The number of hydrogen-bond donors (Lipinski definition) is 1. The fourth-order valence-corrected chi connectivity index (χ4v) is 2.52. The van der Waals surface area contributed by atoms with Crippen molar-refractivity contribution in [2.24, 2.45) is 0 Å². The van der Waals surface area contributed by atoms with Gasteiger partial charge in [-0.2, -0.15) is 0 Å². The van der Waals surface area contributed by atoms with Crippen molar-refractivity contribution in [2.45, 2.75) is 39.3 Å². The van der Waals surface area contributed by atoms with Crippen molar-refractivity contribution in [1.82, 2.24) is 10.1 Å². The van der Waals surface area contributed by atoms with E-state index in [2.05, 4.69) is 25.1 Å². The highest BCUT2D eigenvalue weighted by molar-refractivity contribution is 5.35. The third-order valence-electron chi connectivity index (χ3n) is 3.60. The first-order valence-electron chi connectivity index (χ1n) is 7.96. The number of hydrogen-bond acceptors (Lipinski definition) is 5. The number of aliphatic hydroxyl groups excluding tert-OH is 1. The maximum absolute atomic E-state index is 10.2. The van der Waals surface area contributed by atoms with Gasteiger partial charge in [0.25, 0.3) is 0 Å². The third kappa shape index (κ3) is 5.37. The normalized spacial score (nSPS) is 12.8. The Morgan fingerprint density at radius 2 is 2.04 bits per heavy atom. The summed E-state index contributed by atoms with van der Waals surface area (Å²) in [5.74, 6) is 2.03. The van der Waals surface area contributed by atoms with Crippen molar-refractivity contribution in [3.63, 3.8) is 0 Å². The molecule has 0 spiro atoms. The summed E-state index contributed by atoms with van der Waals surface area (Å²) in [6, 6.07) is 9.87. The van der Waals surface area contributed by atoms with Crippen molar-refractivity contribution < 1.29 is 14.4 Å². The predicted octanol–water partition coefficient (Wildman–Crippen LogP) is 2.98. The Bertz CT molecular complexity index is 610. The Kier molecular flexibility index (Phi) is 6.19. The molecule has 0 aliphatic heterocycles. The average molecular weight is 318 g/mol. The number of aliphatic hydroxyl groups is 1. The molecule has 2 aromatic rings. The lowest BCUT2D eigenvalue weighted by atomic mass is 10.0. The van der Waals surface area contributed by atoms with Crippen LogP contribution >= 0.6 is 0 Å². The van der Waals surface area contributed by atoms with Crippen LogP contribution in [-0.2, 0) is 6.54 Å². The van der Waals surface area contributed by atoms with Gasteiger partial charge in [-0.1, -0.05) is 37.2 Å². The van der Waals surface area contributed by atoms with E-state index in [4.69, 9.17) is 9.26 Å².